The maximum absolute atomic E-state index is 13.5. The number of halogens is 1. The zero-order valence-electron chi connectivity index (χ0n) is 16.2. The van der Waals surface area contributed by atoms with E-state index in [0.29, 0.717) is 28.4 Å². The van der Waals surface area contributed by atoms with Gasteiger partial charge in [-0.1, -0.05) is 29.7 Å². The number of aliphatic hydroxyl groups is 1. The first-order valence-corrected chi connectivity index (χ1v) is 9.49. The third-order valence-electron chi connectivity index (χ3n) is 4.85. The molecule has 1 N–H and O–H groups in total. The quantitative estimate of drug-likeness (QED) is 0.513. The number of rotatable bonds is 6. The zero-order chi connectivity index (χ0) is 20.7. The molecule has 2 atom stereocenters. The SMILES string of the molecule is COCC(C)n1c(=O)c2c(-c3noc(C(C)CO)n3)ncn2c2cccc(Cl)c21. The van der Waals surface area contributed by atoms with Gasteiger partial charge in [0.2, 0.25) is 11.7 Å². The molecule has 0 saturated heterocycles. The topological polar surface area (TPSA) is 108 Å². The molecule has 3 heterocycles. The molecule has 0 spiro atoms. The van der Waals surface area contributed by atoms with Gasteiger partial charge in [0.25, 0.3) is 5.56 Å². The molecule has 0 radical (unpaired) electrons. The van der Waals surface area contributed by atoms with Crippen molar-refractivity contribution < 1.29 is 14.4 Å². The van der Waals surface area contributed by atoms with Crippen LogP contribution in [0.1, 0.15) is 31.7 Å². The summed E-state index contributed by atoms with van der Waals surface area (Å²) in [5, 5.41) is 13.7. The van der Waals surface area contributed by atoms with Crippen molar-refractivity contribution >= 4 is 28.2 Å². The average molecular weight is 418 g/mol. The lowest BCUT2D eigenvalue weighted by atomic mass is 10.2. The average Bonchev–Trinajstić information content (AvgIpc) is 3.36. The maximum Gasteiger partial charge on any atom is 0.278 e. The highest BCUT2D eigenvalue weighted by Gasteiger charge is 2.24. The van der Waals surface area contributed by atoms with Crippen LogP contribution >= 0.6 is 11.6 Å². The summed E-state index contributed by atoms with van der Waals surface area (Å²) in [7, 11) is 1.58. The Morgan fingerprint density at radius 1 is 1.31 bits per heavy atom. The van der Waals surface area contributed by atoms with Crippen LogP contribution in [0, 0.1) is 0 Å². The summed E-state index contributed by atoms with van der Waals surface area (Å²) in [6.45, 7) is 3.85. The highest BCUT2D eigenvalue weighted by Crippen LogP contribution is 2.28. The molecule has 152 valence electrons. The molecular formula is C19H20ClN5O4. The molecule has 0 aliphatic heterocycles. The normalized spacial score (nSPS) is 14.0. The molecule has 29 heavy (non-hydrogen) atoms. The van der Waals surface area contributed by atoms with Gasteiger partial charge in [-0.2, -0.15) is 4.98 Å². The second kappa shape index (κ2) is 7.58. The summed E-state index contributed by atoms with van der Waals surface area (Å²) in [4.78, 5) is 22.2. The van der Waals surface area contributed by atoms with Crippen LogP contribution in [-0.4, -0.2) is 49.5 Å². The van der Waals surface area contributed by atoms with Gasteiger partial charge in [0.15, 0.2) is 0 Å². The molecule has 0 aliphatic carbocycles. The number of fused-ring (bicyclic) bond motifs is 3. The number of aromatic nitrogens is 5. The summed E-state index contributed by atoms with van der Waals surface area (Å²) < 4.78 is 13.8. The fraction of sp³-hybridized carbons (Fsp3) is 0.368. The van der Waals surface area contributed by atoms with Gasteiger partial charge in [-0.25, -0.2) is 4.98 Å². The lowest BCUT2D eigenvalue weighted by Crippen LogP contribution is -2.28. The summed E-state index contributed by atoms with van der Waals surface area (Å²) >= 11 is 6.46. The molecule has 0 amide bonds. The van der Waals surface area contributed by atoms with Gasteiger partial charge >= 0.3 is 0 Å². The van der Waals surface area contributed by atoms with E-state index in [0.717, 1.165) is 5.52 Å². The Hall–Kier alpha value is -2.75. The molecule has 9 nitrogen and oxygen atoms in total. The Morgan fingerprint density at radius 2 is 2.10 bits per heavy atom. The van der Waals surface area contributed by atoms with Crippen molar-refractivity contribution in [3.05, 3.63) is 45.8 Å². The number of imidazole rings is 1. The molecule has 1 aromatic carbocycles. The number of ether oxygens (including phenoxy) is 1. The fourth-order valence-electron chi connectivity index (χ4n) is 3.40. The summed E-state index contributed by atoms with van der Waals surface area (Å²) in [6, 6.07) is 5.16. The molecule has 0 saturated carbocycles. The van der Waals surface area contributed by atoms with Crippen molar-refractivity contribution in [2.45, 2.75) is 25.8 Å². The van der Waals surface area contributed by atoms with E-state index in [1.165, 1.54) is 0 Å². The van der Waals surface area contributed by atoms with Gasteiger partial charge in [-0.15, -0.1) is 0 Å². The Kier molecular flexibility index (Phi) is 5.12. The number of para-hydroxylation sites is 1. The molecular weight excluding hydrogens is 398 g/mol. The second-order valence-corrected chi connectivity index (χ2v) is 7.35. The number of aliphatic hydroxyl groups excluding tert-OH is 1. The van der Waals surface area contributed by atoms with Crippen LogP contribution in [0.4, 0.5) is 0 Å². The fourth-order valence-corrected chi connectivity index (χ4v) is 3.66. The predicted molar refractivity (Wildman–Crippen MR) is 107 cm³/mol. The first kappa shape index (κ1) is 19.6. The van der Waals surface area contributed by atoms with E-state index in [1.54, 1.807) is 35.4 Å². The molecule has 10 heteroatoms. The molecule has 2 unspecified atom stereocenters. The lowest BCUT2D eigenvalue weighted by molar-refractivity contribution is 0.162. The molecule has 4 aromatic rings. The second-order valence-electron chi connectivity index (χ2n) is 6.94. The van der Waals surface area contributed by atoms with Crippen LogP contribution in [0.25, 0.3) is 28.1 Å². The van der Waals surface area contributed by atoms with Crippen LogP contribution in [0.3, 0.4) is 0 Å². The Bertz CT molecular complexity index is 1240. The van der Waals surface area contributed by atoms with Crippen molar-refractivity contribution in [3.8, 4) is 11.5 Å². The number of benzene rings is 1. The van der Waals surface area contributed by atoms with Crippen molar-refractivity contribution in [2.75, 3.05) is 20.3 Å². The van der Waals surface area contributed by atoms with Crippen LogP contribution in [0.2, 0.25) is 5.02 Å². The van der Waals surface area contributed by atoms with Gasteiger partial charge in [0.1, 0.15) is 17.5 Å². The largest absolute Gasteiger partial charge is 0.396 e. The van der Waals surface area contributed by atoms with E-state index in [1.807, 2.05) is 19.1 Å². The Balaban J connectivity index is 2.04. The minimum absolute atomic E-state index is 0.129. The third kappa shape index (κ3) is 3.11. The van der Waals surface area contributed by atoms with Gasteiger partial charge in [0.05, 0.1) is 41.2 Å². The summed E-state index contributed by atoms with van der Waals surface area (Å²) in [5.74, 6) is 0.149. The molecule has 4 rings (SSSR count). The number of methoxy groups -OCH3 is 1. The molecule has 0 fully saturated rings. The van der Waals surface area contributed by atoms with E-state index >= 15 is 0 Å². The lowest BCUT2D eigenvalue weighted by Gasteiger charge is -2.19. The first-order chi connectivity index (χ1) is 14.0. The van der Waals surface area contributed by atoms with E-state index in [9.17, 15) is 9.90 Å². The highest BCUT2D eigenvalue weighted by molar-refractivity contribution is 6.35. The van der Waals surface area contributed by atoms with Crippen molar-refractivity contribution in [2.24, 2.45) is 0 Å². The minimum Gasteiger partial charge on any atom is -0.396 e. The third-order valence-corrected chi connectivity index (χ3v) is 5.16. The van der Waals surface area contributed by atoms with E-state index in [2.05, 4.69) is 15.1 Å². The highest BCUT2D eigenvalue weighted by atomic mass is 35.5. The van der Waals surface area contributed by atoms with E-state index < -0.39 is 0 Å². The van der Waals surface area contributed by atoms with Gasteiger partial charge < -0.3 is 14.4 Å². The van der Waals surface area contributed by atoms with Crippen LogP contribution < -0.4 is 5.56 Å². The van der Waals surface area contributed by atoms with Gasteiger partial charge in [0, 0.05) is 7.11 Å². The van der Waals surface area contributed by atoms with Crippen LogP contribution in [0.15, 0.2) is 33.8 Å². The van der Waals surface area contributed by atoms with Crippen molar-refractivity contribution in [3.63, 3.8) is 0 Å². The maximum atomic E-state index is 13.5. The summed E-state index contributed by atoms with van der Waals surface area (Å²) in [6.07, 6.45) is 1.54. The smallest absolute Gasteiger partial charge is 0.278 e. The van der Waals surface area contributed by atoms with E-state index in [4.69, 9.17) is 20.9 Å². The molecule has 0 bridgehead atoms. The predicted octanol–water partition coefficient (Wildman–Crippen LogP) is 2.66. The summed E-state index contributed by atoms with van der Waals surface area (Å²) in [5.41, 5.74) is 1.65. The van der Waals surface area contributed by atoms with Crippen LogP contribution in [-0.2, 0) is 4.74 Å². The zero-order valence-corrected chi connectivity index (χ0v) is 16.9. The minimum atomic E-state index is -0.317. The monoisotopic (exact) mass is 417 g/mol. The standard InChI is InChI=1S/C19H20ClN5O4/c1-10(7-26)18-22-17(23-29-18)14-16-19(27)25(11(2)8-28-3)15-12(20)5-4-6-13(15)24(16)9-21-14/h4-6,9-11,26H,7-8H2,1-3H3. The van der Waals surface area contributed by atoms with Crippen molar-refractivity contribution in [1.29, 1.82) is 0 Å². The van der Waals surface area contributed by atoms with Gasteiger partial charge in [-0.3, -0.25) is 13.8 Å². The molecule has 3 aromatic heterocycles. The van der Waals surface area contributed by atoms with Crippen molar-refractivity contribution in [1.82, 2.24) is 24.1 Å². The molecule has 0 aliphatic rings. The first-order valence-electron chi connectivity index (χ1n) is 9.11. The van der Waals surface area contributed by atoms with Gasteiger partial charge in [-0.05, 0) is 19.1 Å². The number of hydrogen-bond acceptors (Lipinski definition) is 7. The Morgan fingerprint density at radius 3 is 2.83 bits per heavy atom. The van der Waals surface area contributed by atoms with Crippen LogP contribution in [0.5, 0.6) is 0 Å². The van der Waals surface area contributed by atoms with E-state index in [-0.39, 0.29) is 35.8 Å². The Labute approximate surface area is 170 Å². The number of hydrogen-bond donors (Lipinski definition) is 1. The number of nitrogens with zero attached hydrogens (tertiary/aromatic N) is 5.